The highest BCUT2D eigenvalue weighted by atomic mass is 32.2. The summed E-state index contributed by atoms with van der Waals surface area (Å²) in [5.41, 5.74) is 6.34. The van der Waals surface area contributed by atoms with Gasteiger partial charge in [-0.3, -0.25) is 0 Å². The van der Waals surface area contributed by atoms with Crippen LogP contribution in [0.3, 0.4) is 0 Å². The number of nitrogens with zero attached hydrogens (tertiary/aromatic N) is 2. The second kappa shape index (κ2) is 4.82. The molecule has 96 valence electrons. The molecule has 1 aromatic heterocycles. The highest BCUT2D eigenvalue weighted by molar-refractivity contribution is 7.91. The zero-order valence-electron chi connectivity index (χ0n) is 9.76. The molecule has 1 atom stereocenters. The van der Waals surface area contributed by atoms with Gasteiger partial charge < -0.3 is 11.1 Å². The SMILES string of the molecule is N#Cc1cc(N)cnc1NCC1CCS(=O)(=O)C1. The van der Waals surface area contributed by atoms with Gasteiger partial charge in [0.25, 0.3) is 0 Å². The molecule has 2 heterocycles. The Labute approximate surface area is 106 Å². The Morgan fingerprint density at radius 3 is 3.00 bits per heavy atom. The lowest BCUT2D eigenvalue weighted by Crippen LogP contribution is -2.17. The normalized spacial score (nSPS) is 21.4. The van der Waals surface area contributed by atoms with E-state index < -0.39 is 9.84 Å². The minimum absolute atomic E-state index is 0.0842. The van der Waals surface area contributed by atoms with Crippen LogP contribution in [-0.2, 0) is 9.84 Å². The largest absolute Gasteiger partial charge is 0.397 e. The van der Waals surface area contributed by atoms with Crippen molar-refractivity contribution in [2.24, 2.45) is 5.92 Å². The molecule has 1 unspecified atom stereocenters. The Morgan fingerprint density at radius 1 is 1.61 bits per heavy atom. The van der Waals surface area contributed by atoms with E-state index in [-0.39, 0.29) is 17.4 Å². The summed E-state index contributed by atoms with van der Waals surface area (Å²) >= 11 is 0. The van der Waals surface area contributed by atoms with E-state index in [1.165, 1.54) is 6.20 Å². The van der Waals surface area contributed by atoms with Gasteiger partial charge in [0.1, 0.15) is 11.9 Å². The molecule has 3 N–H and O–H groups in total. The highest BCUT2D eigenvalue weighted by Crippen LogP contribution is 2.20. The van der Waals surface area contributed by atoms with Crippen LogP contribution >= 0.6 is 0 Å². The maximum absolute atomic E-state index is 11.3. The van der Waals surface area contributed by atoms with E-state index >= 15 is 0 Å². The number of hydrogen-bond donors (Lipinski definition) is 2. The Morgan fingerprint density at radius 2 is 2.39 bits per heavy atom. The van der Waals surface area contributed by atoms with Crippen molar-refractivity contribution in [1.29, 1.82) is 5.26 Å². The number of anilines is 2. The Bertz CT molecular complexity index is 592. The molecule has 2 rings (SSSR count). The van der Waals surface area contributed by atoms with E-state index in [4.69, 9.17) is 11.0 Å². The molecule has 0 aromatic carbocycles. The fraction of sp³-hybridized carbons (Fsp3) is 0.455. The van der Waals surface area contributed by atoms with Crippen LogP contribution < -0.4 is 11.1 Å². The van der Waals surface area contributed by atoms with Crippen molar-refractivity contribution in [2.75, 3.05) is 29.1 Å². The van der Waals surface area contributed by atoms with Crippen LogP contribution in [0.1, 0.15) is 12.0 Å². The smallest absolute Gasteiger partial charge is 0.150 e. The van der Waals surface area contributed by atoms with E-state index in [0.29, 0.717) is 30.0 Å². The molecule has 0 saturated carbocycles. The average Bonchev–Trinajstić information content (AvgIpc) is 2.67. The first-order valence-electron chi connectivity index (χ1n) is 5.60. The molecule has 1 aliphatic rings. The summed E-state index contributed by atoms with van der Waals surface area (Å²) < 4.78 is 22.6. The van der Waals surface area contributed by atoms with Crippen LogP contribution in [0.15, 0.2) is 12.3 Å². The number of aromatic nitrogens is 1. The molecule has 0 spiro atoms. The summed E-state index contributed by atoms with van der Waals surface area (Å²) in [6.45, 7) is 0.505. The van der Waals surface area contributed by atoms with Crippen LogP contribution in [-0.4, -0.2) is 31.5 Å². The van der Waals surface area contributed by atoms with Crippen molar-refractivity contribution in [2.45, 2.75) is 6.42 Å². The predicted molar refractivity (Wildman–Crippen MR) is 68.6 cm³/mol. The third kappa shape index (κ3) is 2.90. The van der Waals surface area contributed by atoms with Crippen molar-refractivity contribution in [1.82, 2.24) is 4.98 Å². The lowest BCUT2D eigenvalue weighted by Gasteiger charge is -2.11. The minimum Gasteiger partial charge on any atom is -0.397 e. The van der Waals surface area contributed by atoms with Crippen LogP contribution in [0.4, 0.5) is 11.5 Å². The van der Waals surface area contributed by atoms with Gasteiger partial charge in [-0.05, 0) is 18.4 Å². The molecule has 0 amide bonds. The Balaban J connectivity index is 2.01. The summed E-state index contributed by atoms with van der Waals surface area (Å²) in [5, 5.41) is 12.0. The molecular weight excluding hydrogens is 252 g/mol. The van der Waals surface area contributed by atoms with Crippen molar-refractivity contribution in [3.63, 3.8) is 0 Å². The number of nitrogen functional groups attached to an aromatic ring is 1. The van der Waals surface area contributed by atoms with Crippen molar-refractivity contribution in [3.05, 3.63) is 17.8 Å². The first-order valence-corrected chi connectivity index (χ1v) is 7.42. The molecule has 0 radical (unpaired) electrons. The standard InChI is InChI=1S/C11H14N4O2S/c12-4-9-3-10(13)6-15-11(9)14-5-8-1-2-18(16,17)7-8/h3,6,8H,1-2,5,7,13H2,(H,14,15). The van der Waals surface area contributed by atoms with Gasteiger partial charge in [0, 0.05) is 6.54 Å². The monoisotopic (exact) mass is 266 g/mol. The van der Waals surface area contributed by atoms with Gasteiger partial charge >= 0.3 is 0 Å². The summed E-state index contributed by atoms with van der Waals surface area (Å²) in [4.78, 5) is 4.04. The third-order valence-corrected chi connectivity index (χ3v) is 4.75. The third-order valence-electron chi connectivity index (χ3n) is 2.91. The number of nitriles is 1. The fourth-order valence-electron chi connectivity index (χ4n) is 1.98. The number of nitrogens with two attached hydrogens (primary N) is 1. The molecule has 0 bridgehead atoms. The summed E-state index contributed by atoms with van der Waals surface area (Å²) in [6, 6.07) is 3.55. The fourth-order valence-corrected chi connectivity index (χ4v) is 3.84. The van der Waals surface area contributed by atoms with Crippen molar-refractivity contribution >= 4 is 21.3 Å². The van der Waals surface area contributed by atoms with E-state index in [2.05, 4.69) is 10.3 Å². The van der Waals surface area contributed by atoms with Gasteiger partial charge in [-0.2, -0.15) is 5.26 Å². The molecular formula is C11H14N4O2S. The number of pyridine rings is 1. The van der Waals surface area contributed by atoms with Gasteiger partial charge in [-0.25, -0.2) is 13.4 Å². The topological polar surface area (TPSA) is 109 Å². The summed E-state index contributed by atoms with van der Waals surface area (Å²) in [6.07, 6.45) is 2.13. The van der Waals surface area contributed by atoms with E-state index in [1.54, 1.807) is 6.07 Å². The highest BCUT2D eigenvalue weighted by Gasteiger charge is 2.27. The molecule has 1 fully saturated rings. The Kier molecular flexibility index (Phi) is 3.39. The number of sulfone groups is 1. The average molecular weight is 266 g/mol. The van der Waals surface area contributed by atoms with Gasteiger partial charge in [0.2, 0.25) is 0 Å². The van der Waals surface area contributed by atoms with E-state index in [1.807, 2.05) is 6.07 Å². The van der Waals surface area contributed by atoms with Gasteiger partial charge in [0.05, 0.1) is 29.0 Å². The number of nitrogens with one attached hydrogen (secondary N) is 1. The maximum Gasteiger partial charge on any atom is 0.150 e. The molecule has 0 aliphatic carbocycles. The summed E-state index contributed by atoms with van der Waals surface area (Å²) in [5.74, 6) is 0.994. The quantitative estimate of drug-likeness (QED) is 0.818. The molecule has 1 aliphatic heterocycles. The minimum atomic E-state index is -2.87. The van der Waals surface area contributed by atoms with E-state index in [9.17, 15) is 8.42 Å². The van der Waals surface area contributed by atoms with Gasteiger partial charge in [0.15, 0.2) is 9.84 Å². The van der Waals surface area contributed by atoms with E-state index in [0.717, 1.165) is 0 Å². The van der Waals surface area contributed by atoms with Crippen LogP contribution in [0.5, 0.6) is 0 Å². The van der Waals surface area contributed by atoms with Crippen LogP contribution in [0.25, 0.3) is 0 Å². The van der Waals surface area contributed by atoms with Crippen molar-refractivity contribution in [3.8, 4) is 6.07 Å². The maximum atomic E-state index is 11.3. The molecule has 6 nitrogen and oxygen atoms in total. The number of hydrogen-bond acceptors (Lipinski definition) is 6. The number of rotatable bonds is 3. The first-order chi connectivity index (χ1) is 8.50. The molecule has 1 saturated heterocycles. The predicted octanol–water partition coefficient (Wildman–Crippen LogP) is 0.382. The van der Waals surface area contributed by atoms with Gasteiger partial charge in [-0.1, -0.05) is 0 Å². The lowest BCUT2D eigenvalue weighted by molar-refractivity contribution is 0.595. The summed E-state index contributed by atoms with van der Waals surface area (Å²) in [7, 11) is -2.87. The first kappa shape index (κ1) is 12.6. The second-order valence-electron chi connectivity index (χ2n) is 4.43. The van der Waals surface area contributed by atoms with Crippen molar-refractivity contribution < 1.29 is 8.42 Å². The van der Waals surface area contributed by atoms with Gasteiger partial charge in [-0.15, -0.1) is 0 Å². The zero-order chi connectivity index (χ0) is 13.2. The molecule has 18 heavy (non-hydrogen) atoms. The zero-order valence-corrected chi connectivity index (χ0v) is 10.6. The molecule has 1 aromatic rings. The Hall–Kier alpha value is -1.81. The second-order valence-corrected chi connectivity index (χ2v) is 6.66. The van der Waals surface area contributed by atoms with Crippen LogP contribution in [0.2, 0.25) is 0 Å². The lowest BCUT2D eigenvalue weighted by atomic mass is 10.1. The molecule has 7 heteroatoms. The van der Waals surface area contributed by atoms with Crippen LogP contribution in [0, 0.1) is 17.2 Å².